The summed E-state index contributed by atoms with van der Waals surface area (Å²) in [5.74, 6) is -0.0657. The third-order valence-corrected chi connectivity index (χ3v) is 5.40. The van der Waals surface area contributed by atoms with E-state index in [-0.39, 0.29) is 16.6 Å². The molecule has 3 rings (SSSR count). The van der Waals surface area contributed by atoms with Gasteiger partial charge in [0.1, 0.15) is 0 Å². The number of benzene rings is 1. The molecule has 2 aromatic heterocycles. The standard InChI is InChI=1S/C18H14Cl2F3N5OS/c1-2-28-16(10-3-5-12(19)6-4-10)26-27-17(28)30-9-14(29)25-15-13(20)7-11(8-24-15)18(21,22)23/h3-8H,2,9H2,1H3,(H,24,25,29). The van der Waals surface area contributed by atoms with E-state index in [1.54, 1.807) is 12.1 Å². The van der Waals surface area contributed by atoms with Gasteiger partial charge in [0.2, 0.25) is 5.91 Å². The first-order valence-corrected chi connectivity index (χ1v) is 10.3. The highest BCUT2D eigenvalue weighted by Gasteiger charge is 2.31. The second-order valence-corrected chi connectivity index (χ2v) is 7.73. The van der Waals surface area contributed by atoms with Crippen LogP contribution in [0.2, 0.25) is 10.0 Å². The van der Waals surface area contributed by atoms with Gasteiger partial charge in [0, 0.05) is 23.3 Å². The largest absolute Gasteiger partial charge is 0.417 e. The molecule has 0 unspecified atom stereocenters. The zero-order valence-electron chi connectivity index (χ0n) is 15.4. The molecule has 0 aliphatic rings. The normalized spacial score (nSPS) is 11.5. The number of nitrogens with one attached hydrogen (secondary N) is 1. The molecule has 0 fully saturated rings. The molecule has 6 nitrogen and oxygen atoms in total. The van der Waals surface area contributed by atoms with E-state index >= 15 is 0 Å². The Hall–Kier alpha value is -2.30. The maximum Gasteiger partial charge on any atom is 0.417 e. The van der Waals surface area contributed by atoms with Gasteiger partial charge in [0.05, 0.1) is 16.3 Å². The van der Waals surface area contributed by atoms with Gasteiger partial charge in [0.25, 0.3) is 0 Å². The number of nitrogens with zero attached hydrogens (tertiary/aromatic N) is 4. The molecule has 1 aromatic carbocycles. The summed E-state index contributed by atoms with van der Waals surface area (Å²) in [7, 11) is 0. The molecule has 0 bridgehead atoms. The fraction of sp³-hybridized carbons (Fsp3) is 0.222. The Balaban J connectivity index is 1.67. The van der Waals surface area contributed by atoms with Crippen molar-refractivity contribution in [3.63, 3.8) is 0 Å². The quantitative estimate of drug-likeness (QED) is 0.482. The number of pyridine rings is 1. The molecule has 30 heavy (non-hydrogen) atoms. The maximum atomic E-state index is 12.7. The van der Waals surface area contributed by atoms with Crippen LogP contribution in [0.15, 0.2) is 41.7 Å². The van der Waals surface area contributed by atoms with E-state index in [4.69, 9.17) is 23.2 Å². The molecule has 0 aliphatic carbocycles. The Morgan fingerprint density at radius 3 is 2.50 bits per heavy atom. The number of thioether (sulfide) groups is 1. The van der Waals surface area contributed by atoms with Crippen molar-refractivity contribution < 1.29 is 18.0 Å². The average Bonchev–Trinajstić information content (AvgIpc) is 3.10. The van der Waals surface area contributed by atoms with Crippen molar-refractivity contribution in [1.29, 1.82) is 0 Å². The first kappa shape index (κ1) is 22.4. The van der Waals surface area contributed by atoms with Crippen LogP contribution in [0.3, 0.4) is 0 Å². The van der Waals surface area contributed by atoms with Gasteiger partial charge in [-0.1, -0.05) is 35.0 Å². The highest BCUT2D eigenvalue weighted by molar-refractivity contribution is 7.99. The number of rotatable bonds is 6. The van der Waals surface area contributed by atoms with Crippen molar-refractivity contribution in [3.05, 3.63) is 52.1 Å². The summed E-state index contributed by atoms with van der Waals surface area (Å²) < 4.78 is 39.9. The summed E-state index contributed by atoms with van der Waals surface area (Å²) in [5, 5.41) is 11.5. The molecule has 0 radical (unpaired) electrons. The van der Waals surface area contributed by atoms with E-state index in [2.05, 4.69) is 20.5 Å². The van der Waals surface area contributed by atoms with Gasteiger partial charge in [-0.15, -0.1) is 10.2 Å². The van der Waals surface area contributed by atoms with E-state index in [0.29, 0.717) is 34.8 Å². The lowest BCUT2D eigenvalue weighted by Gasteiger charge is -2.10. The summed E-state index contributed by atoms with van der Waals surface area (Å²) in [4.78, 5) is 15.8. The number of halogens is 5. The molecule has 0 aliphatic heterocycles. The lowest BCUT2D eigenvalue weighted by atomic mass is 10.2. The van der Waals surface area contributed by atoms with Crippen LogP contribution >= 0.6 is 35.0 Å². The molecule has 3 aromatic rings. The van der Waals surface area contributed by atoms with Crippen molar-refractivity contribution in [2.24, 2.45) is 0 Å². The SMILES string of the molecule is CCn1c(SCC(=O)Nc2ncc(C(F)(F)F)cc2Cl)nnc1-c1ccc(Cl)cc1. The summed E-state index contributed by atoms with van der Waals surface area (Å²) >= 11 is 12.8. The molecule has 0 saturated carbocycles. The minimum absolute atomic E-state index is 0.0578. The molecule has 0 saturated heterocycles. The number of anilines is 1. The maximum absolute atomic E-state index is 12.7. The number of carbonyl (C=O) groups excluding carboxylic acids is 1. The topological polar surface area (TPSA) is 72.7 Å². The van der Waals surface area contributed by atoms with Crippen LogP contribution in [0.5, 0.6) is 0 Å². The van der Waals surface area contributed by atoms with Gasteiger partial charge in [-0.3, -0.25) is 4.79 Å². The van der Waals surface area contributed by atoms with Crippen molar-refractivity contribution in [1.82, 2.24) is 19.7 Å². The Kier molecular flexibility index (Phi) is 6.89. The molecule has 0 spiro atoms. The smallest absolute Gasteiger partial charge is 0.309 e. The van der Waals surface area contributed by atoms with E-state index < -0.39 is 17.6 Å². The number of amides is 1. The predicted molar refractivity (Wildman–Crippen MR) is 110 cm³/mol. The van der Waals surface area contributed by atoms with E-state index in [1.807, 2.05) is 23.6 Å². The van der Waals surface area contributed by atoms with Gasteiger partial charge in [-0.25, -0.2) is 4.98 Å². The molecule has 12 heteroatoms. The van der Waals surface area contributed by atoms with Crippen LogP contribution in [-0.4, -0.2) is 31.4 Å². The van der Waals surface area contributed by atoms with Gasteiger partial charge < -0.3 is 9.88 Å². The Morgan fingerprint density at radius 2 is 1.90 bits per heavy atom. The average molecular weight is 476 g/mol. The minimum Gasteiger partial charge on any atom is -0.309 e. The van der Waals surface area contributed by atoms with Crippen LogP contribution in [0.25, 0.3) is 11.4 Å². The Labute approximate surface area is 183 Å². The number of hydrogen-bond acceptors (Lipinski definition) is 5. The third kappa shape index (κ3) is 5.24. The van der Waals surface area contributed by atoms with Gasteiger partial charge in [-0.05, 0) is 37.3 Å². The highest BCUT2D eigenvalue weighted by atomic mass is 35.5. The molecular formula is C18H14Cl2F3N5OS. The molecule has 0 atom stereocenters. The summed E-state index contributed by atoms with van der Waals surface area (Å²) in [6, 6.07) is 7.83. The monoisotopic (exact) mass is 475 g/mol. The number of carbonyl (C=O) groups is 1. The number of hydrogen-bond donors (Lipinski definition) is 1. The second kappa shape index (κ2) is 9.23. The highest BCUT2D eigenvalue weighted by Crippen LogP contribution is 2.32. The third-order valence-electron chi connectivity index (χ3n) is 3.89. The minimum atomic E-state index is -4.57. The zero-order valence-corrected chi connectivity index (χ0v) is 17.7. The molecule has 1 amide bonds. The van der Waals surface area contributed by atoms with Crippen LogP contribution < -0.4 is 5.32 Å². The van der Waals surface area contributed by atoms with Crippen molar-refractivity contribution in [2.45, 2.75) is 24.8 Å². The summed E-state index contributed by atoms with van der Waals surface area (Å²) in [5.41, 5.74) is -0.170. The first-order valence-electron chi connectivity index (χ1n) is 8.53. The van der Waals surface area contributed by atoms with Crippen molar-refractivity contribution >= 4 is 46.7 Å². The lowest BCUT2D eigenvalue weighted by molar-refractivity contribution is -0.137. The summed E-state index contributed by atoms with van der Waals surface area (Å²) in [6.45, 7) is 2.49. The molecule has 1 N–H and O–H groups in total. The van der Waals surface area contributed by atoms with Crippen LogP contribution in [0, 0.1) is 0 Å². The second-order valence-electron chi connectivity index (χ2n) is 5.95. The molecule has 158 valence electrons. The molecular weight excluding hydrogens is 462 g/mol. The lowest BCUT2D eigenvalue weighted by Crippen LogP contribution is -2.16. The Bertz CT molecular complexity index is 1060. The van der Waals surface area contributed by atoms with E-state index in [9.17, 15) is 18.0 Å². The van der Waals surface area contributed by atoms with Crippen molar-refractivity contribution in [2.75, 3.05) is 11.1 Å². The Morgan fingerprint density at radius 1 is 1.20 bits per heavy atom. The fourth-order valence-corrected chi connectivity index (χ4v) is 3.62. The van der Waals surface area contributed by atoms with Crippen LogP contribution in [-0.2, 0) is 17.5 Å². The van der Waals surface area contributed by atoms with Crippen LogP contribution in [0.4, 0.5) is 19.0 Å². The first-order chi connectivity index (χ1) is 14.2. The fourth-order valence-electron chi connectivity index (χ4n) is 2.48. The number of alkyl halides is 3. The van der Waals surface area contributed by atoms with Gasteiger partial charge in [0.15, 0.2) is 16.8 Å². The summed E-state index contributed by atoms with van der Waals surface area (Å²) in [6.07, 6.45) is -3.96. The van der Waals surface area contributed by atoms with E-state index in [0.717, 1.165) is 17.3 Å². The van der Waals surface area contributed by atoms with Gasteiger partial charge in [-0.2, -0.15) is 13.2 Å². The number of aromatic nitrogens is 4. The van der Waals surface area contributed by atoms with Crippen molar-refractivity contribution in [3.8, 4) is 11.4 Å². The zero-order chi connectivity index (χ0) is 21.9. The van der Waals surface area contributed by atoms with Gasteiger partial charge >= 0.3 is 6.18 Å². The predicted octanol–water partition coefficient (Wildman–Crippen LogP) is 5.42. The van der Waals surface area contributed by atoms with E-state index in [1.165, 1.54) is 0 Å². The van der Waals surface area contributed by atoms with Crippen LogP contribution in [0.1, 0.15) is 12.5 Å². The molecule has 2 heterocycles.